The number of nitrogens with zero attached hydrogens (tertiary/aromatic N) is 2. The molecule has 0 heterocycles. The van der Waals surface area contributed by atoms with E-state index in [4.69, 9.17) is 0 Å². The van der Waals surface area contributed by atoms with Gasteiger partial charge in [-0.05, 0) is 28.2 Å². The summed E-state index contributed by atoms with van der Waals surface area (Å²) in [4.78, 5) is 22.3. The lowest BCUT2D eigenvalue weighted by molar-refractivity contribution is 0.275. The zero-order valence-electron chi connectivity index (χ0n) is 8.34. The molecule has 0 aliphatic rings. The summed E-state index contributed by atoms with van der Waals surface area (Å²) in [5.74, 6) is 0. The average molecular weight is 272 g/mol. The Kier molecular flexibility index (Phi) is 8.26. The van der Waals surface area contributed by atoms with E-state index in [0.29, 0.717) is 0 Å². The van der Waals surface area contributed by atoms with E-state index in [1.54, 1.807) is 36.8 Å². The predicted octanol–water partition coefficient (Wildman–Crippen LogP) is 3.03. The van der Waals surface area contributed by atoms with Crippen molar-refractivity contribution in [1.82, 2.24) is 8.61 Å². The second kappa shape index (κ2) is 7.89. The molecule has 82 valence electrons. The van der Waals surface area contributed by atoms with Crippen LogP contribution in [0.5, 0.6) is 0 Å². The molecule has 0 fully saturated rings. The van der Waals surface area contributed by atoms with Crippen molar-refractivity contribution in [3.05, 3.63) is 0 Å². The third-order valence-corrected chi connectivity index (χ3v) is 4.81. The summed E-state index contributed by atoms with van der Waals surface area (Å²) in [5.41, 5.74) is 0. The molecule has 0 aliphatic heterocycles. The molecule has 4 nitrogen and oxygen atoms in total. The number of carbonyl (C=O) groups is 2. The Morgan fingerprint density at radius 1 is 0.786 bits per heavy atom. The van der Waals surface area contributed by atoms with E-state index < -0.39 is 0 Å². The minimum Gasteiger partial charge on any atom is -0.272 e. The first-order valence-electron chi connectivity index (χ1n) is 3.55. The number of rotatable bonds is 2. The van der Waals surface area contributed by atoms with Crippen molar-refractivity contribution in [2.24, 2.45) is 0 Å². The van der Waals surface area contributed by atoms with Crippen LogP contribution in [0.15, 0.2) is 0 Å². The van der Waals surface area contributed by atoms with E-state index in [1.807, 2.05) is 0 Å². The number of hydrogen-bond acceptors (Lipinski definition) is 8. The summed E-state index contributed by atoms with van der Waals surface area (Å²) in [6.45, 7) is 0. The smallest absolute Gasteiger partial charge is 0.272 e. The van der Waals surface area contributed by atoms with Gasteiger partial charge < -0.3 is 0 Å². The van der Waals surface area contributed by atoms with Crippen LogP contribution in [0.2, 0.25) is 0 Å². The molecule has 0 aromatic carbocycles. The van der Waals surface area contributed by atoms with Crippen LogP contribution < -0.4 is 0 Å². The van der Waals surface area contributed by atoms with Crippen LogP contribution in [0, 0.1) is 0 Å². The second-order valence-electron chi connectivity index (χ2n) is 2.47. The monoisotopic (exact) mass is 272 g/mol. The molecular weight excluding hydrogens is 260 g/mol. The van der Waals surface area contributed by atoms with Gasteiger partial charge in [0, 0.05) is 45.5 Å². The summed E-state index contributed by atoms with van der Waals surface area (Å²) in [5, 5.41) is 0. The van der Waals surface area contributed by atoms with Gasteiger partial charge in [-0.2, -0.15) is 0 Å². The van der Waals surface area contributed by atoms with Crippen LogP contribution >= 0.6 is 45.5 Å². The highest BCUT2D eigenvalue weighted by Gasteiger charge is 2.12. The van der Waals surface area contributed by atoms with E-state index in [1.165, 1.54) is 0 Å². The largest absolute Gasteiger partial charge is 0.272 e. The molecule has 0 radical (unpaired) electrons. The molecule has 14 heavy (non-hydrogen) atoms. The fourth-order valence-electron chi connectivity index (χ4n) is 0.397. The van der Waals surface area contributed by atoms with Crippen LogP contribution in [-0.4, -0.2) is 45.7 Å². The van der Waals surface area contributed by atoms with Gasteiger partial charge in [0.2, 0.25) is 0 Å². The Hall–Kier alpha value is 0.660. The molecule has 0 saturated carbocycles. The molecule has 0 amide bonds. The Bertz CT molecular complexity index is 188. The second-order valence-corrected chi connectivity index (χ2v) is 7.63. The fourth-order valence-corrected chi connectivity index (χ4v) is 3.84. The third-order valence-electron chi connectivity index (χ3n) is 0.692. The lowest BCUT2D eigenvalue weighted by Gasteiger charge is -2.06. The van der Waals surface area contributed by atoms with Crippen LogP contribution in [-0.2, 0) is 0 Å². The highest BCUT2D eigenvalue weighted by Crippen LogP contribution is 2.34. The minimum atomic E-state index is -0.0901. The maximum absolute atomic E-state index is 11.1. The van der Waals surface area contributed by atoms with Crippen LogP contribution in [0.25, 0.3) is 0 Å². The summed E-state index contributed by atoms with van der Waals surface area (Å²) < 4.78 is 3.21. The van der Waals surface area contributed by atoms with Gasteiger partial charge >= 0.3 is 0 Å². The Morgan fingerprint density at radius 2 is 1.07 bits per heavy atom. The van der Waals surface area contributed by atoms with Gasteiger partial charge in [0.25, 0.3) is 8.89 Å². The lowest BCUT2D eigenvalue weighted by atomic mass is 11.3. The molecular formula is C6H12N2O2S4. The van der Waals surface area contributed by atoms with Gasteiger partial charge in [-0.15, -0.1) is 0 Å². The maximum Gasteiger partial charge on any atom is 0.272 e. The first kappa shape index (κ1) is 14.7. The van der Waals surface area contributed by atoms with Crippen molar-refractivity contribution in [1.29, 1.82) is 0 Å². The van der Waals surface area contributed by atoms with Crippen LogP contribution in [0.1, 0.15) is 0 Å². The highest BCUT2D eigenvalue weighted by atomic mass is 33.1. The summed E-state index contributed by atoms with van der Waals surface area (Å²) in [7, 11) is 9.04. The molecule has 0 N–H and O–H groups in total. The zero-order chi connectivity index (χ0) is 11.1. The average Bonchev–Trinajstić information content (AvgIpc) is 1.98. The molecule has 8 heteroatoms. The van der Waals surface area contributed by atoms with Crippen molar-refractivity contribution in [2.45, 2.75) is 0 Å². The van der Waals surface area contributed by atoms with Crippen molar-refractivity contribution >= 4 is 54.4 Å². The van der Waals surface area contributed by atoms with Crippen molar-refractivity contribution in [3.8, 4) is 0 Å². The highest BCUT2D eigenvalue weighted by molar-refractivity contribution is 8.93. The fraction of sp³-hybridized carbons (Fsp3) is 0.667. The van der Waals surface area contributed by atoms with Gasteiger partial charge in [0.1, 0.15) is 0 Å². The van der Waals surface area contributed by atoms with E-state index in [2.05, 4.69) is 0 Å². The standard InChI is InChI=1S/C6H12N2O2S4/c1-7(2)11-5(9)13-14-6(10)12-8(3)4/h1-4H3. The molecule has 0 saturated heterocycles. The lowest BCUT2D eigenvalue weighted by Crippen LogP contribution is -2.03. The van der Waals surface area contributed by atoms with Crippen LogP contribution in [0.3, 0.4) is 0 Å². The van der Waals surface area contributed by atoms with Gasteiger partial charge in [-0.3, -0.25) is 9.59 Å². The summed E-state index contributed by atoms with van der Waals surface area (Å²) in [6, 6.07) is 0. The van der Waals surface area contributed by atoms with E-state index in [-0.39, 0.29) is 8.89 Å². The summed E-state index contributed by atoms with van der Waals surface area (Å²) >= 11 is 2.15. The van der Waals surface area contributed by atoms with E-state index >= 15 is 0 Å². The molecule has 0 rings (SSSR count). The SMILES string of the molecule is CN(C)SC(=O)SSC(=O)SN(C)C. The van der Waals surface area contributed by atoms with E-state index in [9.17, 15) is 9.59 Å². The topological polar surface area (TPSA) is 40.6 Å². The number of hydrogen-bond donors (Lipinski definition) is 0. The van der Waals surface area contributed by atoms with Gasteiger partial charge in [-0.25, -0.2) is 8.61 Å². The molecule has 0 aromatic heterocycles. The van der Waals surface area contributed by atoms with Crippen molar-refractivity contribution < 1.29 is 9.59 Å². The Balaban J connectivity index is 3.61. The predicted molar refractivity (Wildman–Crippen MR) is 68.5 cm³/mol. The van der Waals surface area contributed by atoms with Gasteiger partial charge in [0.15, 0.2) is 0 Å². The Labute approximate surface area is 101 Å². The summed E-state index contributed by atoms with van der Waals surface area (Å²) in [6.07, 6.45) is 0. The maximum atomic E-state index is 11.1. The molecule has 0 bridgehead atoms. The van der Waals surface area contributed by atoms with Crippen molar-refractivity contribution in [3.63, 3.8) is 0 Å². The first-order chi connectivity index (χ1) is 6.41. The number of carbonyl (C=O) groups excluding carboxylic acids is 2. The first-order valence-corrected chi connectivity index (χ1v) is 7.24. The third kappa shape index (κ3) is 9.22. The van der Waals surface area contributed by atoms with Gasteiger partial charge in [0.05, 0.1) is 0 Å². The van der Waals surface area contributed by atoms with Crippen LogP contribution in [0.4, 0.5) is 9.59 Å². The van der Waals surface area contributed by atoms with E-state index in [0.717, 1.165) is 45.5 Å². The quantitative estimate of drug-likeness (QED) is 0.561. The van der Waals surface area contributed by atoms with Gasteiger partial charge in [-0.1, -0.05) is 0 Å². The molecule has 0 unspecified atom stereocenters. The normalized spacial score (nSPS) is 11.0. The minimum absolute atomic E-state index is 0.0901. The Morgan fingerprint density at radius 3 is 1.29 bits per heavy atom. The molecule has 0 atom stereocenters. The zero-order valence-corrected chi connectivity index (χ0v) is 11.6. The van der Waals surface area contributed by atoms with Crippen molar-refractivity contribution in [2.75, 3.05) is 28.2 Å². The molecule has 0 aromatic rings. The molecule has 0 aliphatic carbocycles. The molecule has 0 spiro atoms.